The summed E-state index contributed by atoms with van der Waals surface area (Å²) in [6.45, 7) is 2.80. The number of rotatable bonds is 7. The molecule has 0 aliphatic rings. The number of nitrogens with zero attached hydrogens (tertiary/aromatic N) is 2. The Kier molecular flexibility index (Phi) is 5.70. The molecule has 2 rings (SSSR count). The van der Waals surface area contributed by atoms with Gasteiger partial charge in [-0.25, -0.2) is 4.98 Å². The van der Waals surface area contributed by atoms with Crippen molar-refractivity contribution < 1.29 is 0 Å². The zero-order valence-electron chi connectivity index (χ0n) is 10.6. The lowest BCUT2D eigenvalue weighted by Crippen LogP contribution is -2.15. The van der Waals surface area contributed by atoms with Crippen LogP contribution in [0.25, 0.3) is 0 Å². The van der Waals surface area contributed by atoms with Gasteiger partial charge in [0.15, 0.2) is 0 Å². The zero-order chi connectivity index (χ0) is 13.5. The number of aryl methyl sites for hydroxylation is 1. The largest absolute Gasteiger partial charge is 0.337 e. The first kappa shape index (κ1) is 14.4. The molecule has 102 valence electrons. The van der Waals surface area contributed by atoms with Crippen LogP contribution in [0, 0.1) is 0 Å². The Labute approximate surface area is 123 Å². The quantitative estimate of drug-likeness (QED) is 0.789. The molecule has 0 atom stereocenters. The van der Waals surface area contributed by atoms with Crippen LogP contribution in [0.1, 0.15) is 18.4 Å². The number of aromatic nitrogens is 2. The number of unbranched alkanes of at least 4 members (excludes halogenated alkanes) is 1. The van der Waals surface area contributed by atoms with Gasteiger partial charge in [-0.2, -0.15) is 0 Å². The normalized spacial score (nSPS) is 10.8. The number of benzene rings is 1. The van der Waals surface area contributed by atoms with Crippen LogP contribution in [0.4, 0.5) is 0 Å². The van der Waals surface area contributed by atoms with Gasteiger partial charge in [-0.15, -0.1) is 0 Å². The molecule has 1 heterocycles. The van der Waals surface area contributed by atoms with E-state index in [0.29, 0.717) is 10.0 Å². The first-order valence-corrected chi connectivity index (χ1v) is 7.11. The van der Waals surface area contributed by atoms with Crippen molar-refractivity contribution in [2.24, 2.45) is 0 Å². The molecular weight excluding hydrogens is 281 g/mol. The fourth-order valence-corrected chi connectivity index (χ4v) is 2.48. The molecule has 1 aromatic heterocycles. The van der Waals surface area contributed by atoms with Crippen LogP contribution >= 0.6 is 23.2 Å². The number of nitrogens with one attached hydrogen (secondary N) is 1. The van der Waals surface area contributed by atoms with Gasteiger partial charge < -0.3 is 9.88 Å². The van der Waals surface area contributed by atoms with E-state index in [1.165, 1.54) is 0 Å². The second-order valence-electron chi connectivity index (χ2n) is 4.46. The minimum absolute atomic E-state index is 0.685. The molecule has 0 spiro atoms. The minimum atomic E-state index is 0.685. The summed E-state index contributed by atoms with van der Waals surface area (Å²) in [6, 6.07) is 5.62. The first-order valence-electron chi connectivity index (χ1n) is 6.35. The summed E-state index contributed by atoms with van der Waals surface area (Å²) in [6.07, 6.45) is 7.91. The molecule has 0 bridgehead atoms. The average molecular weight is 298 g/mol. The van der Waals surface area contributed by atoms with Crippen molar-refractivity contribution in [3.63, 3.8) is 0 Å². The highest BCUT2D eigenvalue weighted by Crippen LogP contribution is 2.18. The second kappa shape index (κ2) is 7.53. The lowest BCUT2D eigenvalue weighted by molar-refractivity contribution is 0.568. The number of imidazole rings is 1. The molecule has 0 radical (unpaired) electrons. The summed E-state index contributed by atoms with van der Waals surface area (Å²) < 4.78 is 2.09. The van der Waals surface area contributed by atoms with E-state index in [1.54, 1.807) is 12.3 Å². The average Bonchev–Trinajstić information content (AvgIpc) is 2.85. The molecule has 0 amide bonds. The van der Waals surface area contributed by atoms with Crippen LogP contribution in [0.5, 0.6) is 0 Å². The summed E-state index contributed by atoms with van der Waals surface area (Å²) in [4.78, 5) is 4.02. The molecule has 1 N–H and O–H groups in total. The number of halogens is 2. The Morgan fingerprint density at radius 1 is 1.11 bits per heavy atom. The Morgan fingerprint density at radius 3 is 2.58 bits per heavy atom. The Morgan fingerprint density at radius 2 is 1.89 bits per heavy atom. The van der Waals surface area contributed by atoms with Gasteiger partial charge in [-0.1, -0.05) is 23.2 Å². The van der Waals surface area contributed by atoms with Gasteiger partial charge in [0.2, 0.25) is 0 Å². The lowest BCUT2D eigenvalue weighted by atomic mass is 10.2. The Bertz CT molecular complexity index is 477. The van der Waals surface area contributed by atoms with Gasteiger partial charge in [0, 0.05) is 35.5 Å². The number of hydrogen-bond acceptors (Lipinski definition) is 2. The van der Waals surface area contributed by atoms with E-state index in [9.17, 15) is 0 Å². The maximum Gasteiger partial charge on any atom is 0.0945 e. The van der Waals surface area contributed by atoms with E-state index in [1.807, 2.05) is 24.7 Å². The van der Waals surface area contributed by atoms with Gasteiger partial charge in [0.25, 0.3) is 0 Å². The van der Waals surface area contributed by atoms with Crippen molar-refractivity contribution >= 4 is 23.2 Å². The molecule has 0 aliphatic heterocycles. The minimum Gasteiger partial charge on any atom is -0.337 e. The molecule has 19 heavy (non-hydrogen) atoms. The monoisotopic (exact) mass is 297 g/mol. The van der Waals surface area contributed by atoms with Crippen LogP contribution in [-0.2, 0) is 13.1 Å². The maximum absolute atomic E-state index is 5.95. The highest BCUT2D eigenvalue weighted by molar-refractivity contribution is 6.34. The molecule has 0 unspecified atom stereocenters. The highest BCUT2D eigenvalue weighted by atomic mass is 35.5. The molecule has 2 aromatic rings. The third kappa shape index (κ3) is 5.23. The number of hydrogen-bond donors (Lipinski definition) is 1. The van der Waals surface area contributed by atoms with E-state index < -0.39 is 0 Å². The van der Waals surface area contributed by atoms with Crippen molar-refractivity contribution in [1.29, 1.82) is 0 Å². The van der Waals surface area contributed by atoms with E-state index in [2.05, 4.69) is 14.9 Å². The van der Waals surface area contributed by atoms with E-state index in [-0.39, 0.29) is 0 Å². The third-order valence-electron chi connectivity index (χ3n) is 2.83. The smallest absolute Gasteiger partial charge is 0.0945 e. The van der Waals surface area contributed by atoms with Gasteiger partial charge in [-0.3, -0.25) is 0 Å². The summed E-state index contributed by atoms with van der Waals surface area (Å²) >= 11 is 11.9. The van der Waals surface area contributed by atoms with Crippen molar-refractivity contribution in [1.82, 2.24) is 14.9 Å². The molecule has 1 aromatic carbocycles. The van der Waals surface area contributed by atoms with E-state index >= 15 is 0 Å². The standard InChI is InChI=1S/C14H17Cl2N3/c15-13-7-12(8-14(16)9-13)10-17-3-1-2-5-19-6-4-18-11-19/h4,6-9,11,17H,1-3,5,10H2. The molecule has 0 fully saturated rings. The van der Waals surface area contributed by atoms with Crippen molar-refractivity contribution in [3.05, 3.63) is 52.5 Å². The molecule has 0 saturated carbocycles. The van der Waals surface area contributed by atoms with Gasteiger partial charge in [0.1, 0.15) is 0 Å². The van der Waals surface area contributed by atoms with Gasteiger partial charge in [0.05, 0.1) is 6.33 Å². The van der Waals surface area contributed by atoms with Crippen LogP contribution < -0.4 is 5.32 Å². The maximum atomic E-state index is 5.95. The Balaban J connectivity index is 1.61. The van der Waals surface area contributed by atoms with Crippen LogP contribution in [0.2, 0.25) is 10.0 Å². The highest BCUT2D eigenvalue weighted by Gasteiger charge is 1.98. The predicted octanol–water partition coefficient (Wildman–Crippen LogP) is 3.76. The van der Waals surface area contributed by atoms with Crippen molar-refractivity contribution in [3.8, 4) is 0 Å². The molecule has 3 nitrogen and oxygen atoms in total. The summed E-state index contributed by atoms with van der Waals surface area (Å²) in [5.41, 5.74) is 1.12. The lowest BCUT2D eigenvalue weighted by Gasteiger charge is -2.06. The second-order valence-corrected chi connectivity index (χ2v) is 5.33. The summed E-state index contributed by atoms with van der Waals surface area (Å²) in [5.74, 6) is 0. The van der Waals surface area contributed by atoms with E-state index in [0.717, 1.165) is 38.0 Å². The predicted molar refractivity (Wildman–Crippen MR) is 79.6 cm³/mol. The van der Waals surface area contributed by atoms with Crippen LogP contribution in [0.15, 0.2) is 36.9 Å². The van der Waals surface area contributed by atoms with Crippen LogP contribution in [0.3, 0.4) is 0 Å². The van der Waals surface area contributed by atoms with Crippen LogP contribution in [-0.4, -0.2) is 16.1 Å². The first-order chi connectivity index (χ1) is 9.24. The molecule has 5 heteroatoms. The van der Waals surface area contributed by atoms with E-state index in [4.69, 9.17) is 23.2 Å². The van der Waals surface area contributed by atoms with Gasteiger partial charge >= 0.3 is 0 Å². The topological polar surface area (TPSA) is 29.9 Å². The van der Waals surface area contributed by atoms with Gasteiger partial charge in [-0.05, 0) is 43.1 Å². The molecular formula is C14H17Cl2N3. The van der Waals surface area contributed by atoms with Crippen molar-refractivity contribution in [2.75, 3.05) is 6.54 Å². The summed E-state index contributed by atoms with van der Waals surface area (Å²) in [5, 5.41) is 4.76. The zero-order valence-corrected chi connectivity index (χ0v) is 12.2. The molecule has 0 aliphatic carbocycles. The SMILES string of the molecule is Clc1cc(Cl)cc(CNCCCCn2ccnc2)c1. The third-order valence-corrected chi connectivity index (χ3v) is 3.27. The van der Waals surface area contributed by atoms with Crippen molar-refractivity contribution in [2.45, 2.75) is 25.9 Å². The fraction of sp³-hybridized carbons (Fsp3) is 0.357. The fourth-order valence-electron chi connectivity index (χ4n) is 1.91. The summed E-state index contributed by atoms with van der Waals surface area (Å²) in [7, 11) is 0. The molecule has 0 saturated heterocycles. The Hall–Kier alpha value is -1.03.